The maximum absolute atomic E-state index is 9.78. The van der Waals surface area contributed by atoms with Gasteiger partial charge in [0.15, 0.2) is 0 Å². The zero-order valence-corrected chi connectivity index (χ0v) is 10.3. The van der Waals surface area contributed by atoms with E-state index < -0.39 is 0 Å². The second-order valence-electron chi connectivity index (χ2n) is 5.08. The van der Waals surface area contributed by atoms with E-state index in [4.69, 9.17) is 0 Å². The van der Waals surface area contributed by atoms with E-state index in [2.05, 4.69) is 4.90 Å². The number of para-hydroxylation sites is 1. The fraction of sp³-hybridized carbons (Fsp3) is 0.571. The number of hydrogen-bond donors (Lipinski definition) is 2. The summed E-state index contributed by atoms with van der Waals surface area (Å²) in [5, 5.41) is 19.5. The Labute approximate surface area is 103 Å². The molecule has 1 aromatic rings. The number of nitrogens with zero attached hydrogens (tertiary/aromatic N) is 1. The highest BCUT2D eigenvalue weighted by molar-refractivity contribution is 5.31. The second kappa shape index (κ2) is 5.52. The van der Waals surface area contributed by atoms with Gasteiger partial charge >= 0.3 is 0 Å². The number of hydrogen-bond acceptors (Lipinski definition) is 3. The van der Waals surface area contributed by atoms with Gasteiger partial charge in [0.2, 0.25) is 0 Å². The summed E-state index contributed by atoms with van der Waals surface area (Å²) < 4.78 is 0. The Hall–Kier alpha value is -1.06. The van der Waals surface area contributed by atoms with Gasteiger partial charge in [0.25, 0.3) is 0 Å². The summed E-state index contributed by atoms with van der Waals surface area (Å²) in [6.45, 7) is 1.63. The molecule has 17 heavy (non-hydrogen) atoms. The minimum atomic E-state index is -0.137. The van der Waals surface area contributed by atoms with Gasteiger partial charge in [0.05, 0.1) is 6.10 Å². The van der Waals surface area contributed by atoms with Gasteiger partial charge in [-0.05, 0) is 31.9 Å². The minimum Gasteiger partial charge on any atom is -0.508 e. The minimum absolute atomic E-state index is 0.137. The van der Waals surface area contributed by atoms with E-state index in [0.717, 1.165) is 37.9 Å². The Morgan fingerprint density at radius 2 is 2.06 bits per heavy atom. The average Bonchev–Trinajstić information content (AvgIpc) is 2.68. The average molecular weight is 235 g/mol. The van der Waals surface area contributed by atoms with Crippen LogP contribution in [-0.4, -0.2) is 34.8 Å². The summed E-state index contributed by atoms with van der Waals surface area (Å²) in [5.74, 6) is 0.747. The predicted molar refractivity (Wildman–Crippen MR) is 67.8 cm³/mol. The number of phenolic OH excluding ortho intramolecular Hbond substituents is 1. The first kappa shape index (κ1) is 12.4. The van der Waals surface area contributed by atoms with Crippen molar-refractivity contribution < 1.29 is 10.2 Å². The quantitative estimate of drug-likeness (QED) is 0.838. The zero-order valence-electron chi connectivity index (χ0n) is 10.3. The molecule has 0 spiro atoms. The van der Waals surface area contributed by atoms with Crippen LogP contribution in [0.25, 0.3) is 0 Å². The van der Waals surface area contributed by atoms with Crippen molar-refractivity contribution in [1.29, 1.82) is 0 Å². The van der Waals surface area contributed by atoms with Crippen molar-refractivity contribution in [1.82, 2.24) is 4.90 Å². The van der Waals surface area contributed by atoms with E-state index in [1.807, 2.05) is 25.2 Å². The third-order valence-electron chi connectivity index (χ3n) is 3.60. The highest BCUT2D eigenvalue weighted by Crippen LogP contribution is 2.27. The summed E-state index contributed by atoms with van der Waals surface area (Å²) in [5.41, 5.74) is 0.947. The summed E-state index contributed by atoms with van der Waals surface area (Å²) in [6.07, 6.45) is 3.05. The molecule has 1 aliphatic rings. The van der Waals surface area contributed by atoms with Crippen molar-refractivity contribution in [3.05, 3.63) is 29.8 Å². The van der Waals surface area contributed by atoms with E-state index in [-0.39, 0.29) is 6.10 Å². The number of phenols is 1. The van der Waals surface area contributed by atoms with Crippen LogP contribution in [0.4, 0.5) is 0 Å². The van der Waals surface area contributed by atoms with Crippen LogP contribution in [0.2, 0.25) is 0 Å². The normalized spacial score (nSPS) is 24.4. The molecular formula is C14H21NO2. The van der Waals surface area contributed by atoms with Gasteiger partial charge in [-0.2, -0.15) is 0 Å². The summed E-state index contributed by atoms with van der Waals surface area (Å²) in [4.78, 5) is 2.17. The molecule has 0 heterocycles. The predicted octanol–water partition coefficient (Wildman–Crippen LogP) is 1.98. The largest absolute Gasteiger partial charge is 0.508 e. The van der Waals surface area contributed by atoms with E-state index in [9.17, 15) is 10.2 Å². The molecule has 2 unspecified atom stereocenters. The van der Waals surface area contributed by atoms with E-state index in [1.54, 1.807) is 6.07 Å². The van der Waals surface area contributed by atoms with Crippen molar-refractivity contribution in [2.45, 2.75) is 31.9 Å². The molecule has 3 nitrogen and oxygen atoms in total. The molecule has 1 saturated carbocycles. The summed E-state index contributed by atoms with van der Waals surface area (Å²) >= 11 is 0. The summed E-state index contributed by atoms with van der Waals surface area (Å²) in [6, 6.07) is 7.43. The highest BCUT2D eigenvalue weighted by atomic mass is 16.3. The maximum Gasteiger partial charge on any atom is 0.120 e. The molecule has 0 amide bonds. The highest BCUT2D eigenvalue weighted by Gasteiger charge is 2.26. The van der Waals surface area contributed by atoms with Gasteiger partial charge in [-0.25, -0.2) is 0 Å². The zero-order chi connectivity index (χ0) is 12.3. The first-order valence-corrected chi connectivity index (χ1v) is 6.30. The van der Waals surface area contributed by atoms with Gasteiger partial charge in [0, 0.05) is 18.7 Å². The van der Waals surface area contributed by atoms with Gasteiger partial charge in [0.1, 0.15) is 5.75 Å². The number of aliphatic hydroxyl groups is 1. The van der Waals surface area contributed by atoms with Gasteiger partial charge < -0.3 is 15.1 Å². The van der Waals surface area contributed by atoms with Crippen LogP contribution < -0.4 is 0 Å². The van der Waals surface area contributed by atoms with E-state index in [1.165, 1.54) is 0 Å². The fourth-order valence-corrected chi connectivity index (χ4v) is 2.63. The smallest absolute Gasteiger partial charge is 0.120 e. The lowest BCUT2D eigenvalue weighted by atomic mass is 10.1. The molecule has 1 aliphatic carbocycles. The lowest BCUT2D eigenvalue weighted by molar-refractivity contribution is 0.107. The molecule has 2 atom stereocenters. The molecular weight excluding hydrogens is 214 g/mol. The number of aromatic hydroxyl groups is 1. The fourth-order valence-electron chi connectivity index (χ4n) is 2.63. The van der Waals surface area contributed by atoms with Crippen molar-refractivity contribution in [2.24, 2.45) is 5.92 Å². The molecule has 0 aliphatic heterocycles. The van der Waals surface area contributed by atoms with Crippen molar-refractivity contribution >= 4 is 0 Å². The molecule has 1 fully saturated rings. The number of rotatable bonds is 4. The third kappa shape index (κ3) is 3.20. The molecule has 3 heteroatoms. The number of aliphatic hydroxyl groups excluding tert-OH is 1. The van der Waals surface area contributed by atoms with Gasteiger partial charge in [-0.15, -0.1) is 0 Å². The standard InChI is InChI=1S/C14H21NO2/c1-15(10-12-6-4-8-14(12)17)9-11-5-2-3-7-13(11)16/h2-3,5,7,12,14,16-17H,4,6,8-10H2,1H3. The van der Waals surface area contributed by atoms with Crippen molar-refractivity contribution in [3.63, 3.8) is 0 Å². The third-order valence-corrected chi connectivity index (χ3v) is 3.60. The lowest BCUT2D eigenvalue weighted by Gasteiger charge is -2.23. The summed E-state index contributed by atoms with van der Waals surface area (Å²) in [7, 11) is 2.04. The molecule has 94 valence electrons. The van der Waals surface area contributed by atoms with Crippen LogP contribution in [0.1, 0.15) is 24.8 Å². The van der Waals surface area contributed by atoms with E-state index in [0.29, 0.717) is 11.7 Å². The Morgan fingerprint density at radius 3 is 2.71 bits per heavy atom. The molecule has 0 aromatic heterocycles. The molecule has 0 saturated heterocycles. The van der Waals surface area contributed by atoms with Crippen LogP contribution >= 0.6 is 0 Å². The molecule has 2 rings (SSSR count). The van der Waals surface area contributed by atoms with Crippen LogP contribution in [0.15, 0.2) is 24.3 Å². The Bertz CT molecular complexity index is 367. The second-order valence-corrected chi connectivity index (χ2v) is 5.08. The first-order chi connectivity index (χ1) is 8.16. The van der Waals surface area contributed by atoms with Gasteiger partial charge in [-0.3, -0.25) is 0 Å². The lowest BCUT2D eigenvalue weighted by Crippen LogP contribution is -2.29. The van der Waals surface area contributed by atoms with Crippen LogP contribution in [0, 0.1) is 5.92 Å². The van der Waals surface area contributed by atoms with E-state index >= 15 is 0 Å². The Balaban J connectivity index is 1.89. The monoisotopic (exact) mass is 235 g/mol. The van der Waals surface area contributed by atoms with Gasteiger partial charge in [-0.1, -0.05) is 24.6 Å². The maximum atomic E-state index is 9.78. The van der Waals surface area contributed by atoms with Crippen LogP contribution in [0.5, 0.6) is 5.75 Å². The first-order valence-electron chi connectivity index (χ1n) is 6.30. The molecule has 0 radical (unpaired) electrons. The Morgan fingerprint density at radius 1 is 1.29 bits per heavy atom. The van der Waals surface area contributed by atoms with Crippen molar-refractivity contribution in [2.75, 3.05) is 13.6 Å². The van der Waals surface area contributed by atoms with Crippen molar-refractivity contribution in [3.8, 4) is 5.75 Å². The number of benzene rings is 1. The van der Waals surface area contributed by atoms with Crippen LogP contribution in [0.3, 0.4) is 0 Å². The SMILES string of the molecule is CN(Cc1ccccc1O)CC1CCCC1O. The molecule has 0 bridgehead atoms. The van der Waals surface area contributed by atoms with Crippen LogP contribution in [-0.2, 0) is 6.54 Å². The molecule has 1 aromatic carbocycles. The molecule has 2 N–H and O–H groups in total. The topological polar surface area (TPSA) is 43.7 Å². The Kier molecular flexibility index (Phi) is 4.02.